The van der Waals surface area contributed by atoms with E-state index in [0.717, 1.165) is 47.5 Å². The van der Waals surface area contributed by atoms with Gasteiger partial charge in [0.05, 0.1) is 41.0 Å². The van der Waals surface area contributed by atoms with Crippen molar-refractivity contribution >= 4 is 41.0 Å². The maximum Gasteiger partial charge on any atom is 0.273 e. The van der Waals surface area contributed by atoms with Gasteiger partial charge in [-0.05, 0) is 37.5 Å². The average molecular weight is 653 g/mol. The fourth-order valence-electron chi connectivity index (χ4n) is 6.53. The Kier molecular flexibility index (Phi) is 7.89. The van der Waals surface area contributed by atoms with Crippen LogP contribution in [0, 0.1) is 5.92 Å². The molecule has 1 aliphatic carbocycles. The van der Waals surface area contributed by atoms with Gasteiger partial charge in [0.25, 0.3) is 11.8 Å². The molecule has 7 rings (SSSR count). The van der Waals surface area contributed by atoms with Crippen LogP contribution in [0.5, 0.6) is 0 Å². The number of anilines is 4. The van der Waals surface area contributed by atoms with Crippen LogP contribution in [0.15, 0.2) is 48.7 Å². The molecule has 5 heterocycles. The van der Waals surface area contributed by atoms with Crippen LogP contribution in [0.3, 0.4) is 0 Å². The molecule has 248 valence electrons. The smallest absolute Gasteiger partial charge is 0.273 e. The number of hydrogen-bond donors (Lipinski definition) is 5. The second-order valence-electron chi connectivity index (χ2n) is 12.3. The van der Waals surface area contributed by atoms with Gasteiger partial charge in [-0.1, -0.05) is 25.1 Å². The molecule has 15 heteroatoms. The minimum atomic E-state index is -2.34. The van der Waals surface area contributed by atoms with E-state index in [1.165, 1.54) is 24.1 Å². The number of para-hydroxylation sites is 1. The molecule has 4 aromatic rings. The zero-order valence-electron chi connectivity index (χ0n) is 26.7. The Morgan fingerprint density at radius 1 is 1.06 bits per heavy atom. The molecule has 0 bridgehead atoms. The minimum absolute atomic E-state index is 0.0189. The predicted molar refractivity (Wildman–Crippen MR) is 176 cm³/mol. The number of benzene rings is 1. The Morgan fingerprint density at radius 3 is 2.54 bits per heavy atom. The number of fused-ring (bicyclic) bond motifs is 3. The summed E-state index contributed by atoms with van der Waals surface area (Å²) in [7, 11) is 3.53. The van der Waals surface area contributed by atoms with Gasteiger partial charge in [-0.2, -0.15) is 5.10 Å². The molecule has 2 amide bonds. The van der Waals surface area contributed by atoms with Gasteiger partial charge in [0.15, 0.2) is 17.8 Å². The number of aromatic nitrogens is 5. The maximum absolute atomic E-state index is 12.8. The lowest BCUT2D eigenvalue weighted by Crippen LogP contribution is -2.59. The number of pyridine rings is 1. The Bertz CT molecular complexity index is 1920. The number of carbonyl (C=O) groups excluding carboxylic acids is 3. The van der Waals surface area contributed by atoms with Crippen LogP contribution >= 0.6 is 0 Å². The number of likely N-dealkylation sites (tertiary alicyclic amines) is 1. The number of carbonyl (C=O) groups is 3. The number of nitrogens with zero attached hydrogens (tertiary/aromatic N) is 7. The lowest BCUT2D eigenvalue weighted by molar-refractivity contribution is -0.302. The van der Waals surface area contributed by atoms with Gasteiger partial charge in [-0.25, -0.2) is 9.88 Å². The summed E-state index contributed by atoms with van der Waals surface area (Å²) in [6, 6.07) is 11.8. The molecule has 3 aliphatic rings. The first-order valence-electron chi connectivity index (χ1n) is 15.9. The average Bonchev–Trinajstić information content (AvgIpc) is 3.84. The van der Waals surface area contributed by atoms with Gasteiger partial charge in [-0.3, -0.25) is 19.1 Å². The molecule has 3 aromatic heterocycles. The maximum atomic E-state index is 12.8. The highest BCUT2D eigenvalue weighted by molar-refractivity contribution is 6.01. The highest BCUT2D eigenvalue weighted by Crippen LogP contribution is 2.50. The number of amides is 2. The van der Waals surface area contributed by atoms with E-state index in [1.54, 1.807) is 12.1 Å². The number of aliphatic hydroxyl groups is 2. The van der Waals surface area contributed by atoms with Crippen LogP contribution in [-0.4, -0.2) is 85.4 Å². The first kappa shape index (κ1) is 31.4. The normalized spacial score (nSPS) is 17.6. The molecule has 0 radical (unpaired) electrons. The first-order chi connectivity index (χ1) is 23.1. The molecule has 48 heavy (non-hydrogen) atoms. The molecule has 1 saturated carbocycles. The van der Waals surface area contributed by atoms with E-state index < -0.39 is 11.8 Å². The number of rotatable bonds is 10. The quantitative estimate of drug-likeness (QED) is 0.125. The zero-order valence-corrected chi connectivity index (χ0v) is 26.7. The van der Waals surface area contributed by atoms with E-state index in [2.05, 4.69) is 43.0 Å². The van der Waals surface area contributed by atoms with Crippen LogP contribution in [0.2, 0.25) is 0 Å². The van der Waals surface area contributed by atoms with Crippen molar-refractivity contribution in [2.24, 2.45) is 5.92 Å². The van der Waals surface area contributed by atoms with Gasteiger partial charge in [0.2, 0.25) is 5.91 Å². The SMILES string of the molecule is CCC1c2c(cnn2C2CN(C(O)(O)c3cccc(C=O)n3)C2)-c2cccc(Nc3cc(NC(=O)C4CC4)nnc3C(=O)NC)c2N1C. The molecule has 15 nitrogen and oxygen atoms in total. The summed E-state index contributed by atoms with van der Waals surface area (Å²) in [4.78, 5) is 44.1. The molecule has 1 unspecified atom stereocenters. The van der Waals surface area contributed by atoms with Crippen LogP contribution in [-0.2, 0) is 10.7 Å². The highest BCUT2D eigenvalue weighted by atomic mass is 16.5. The topological polar surface area (TPSA) is 191 Å². The van der Waals surface area contributed by atoms with Gasteiger partial charge in [0.1, 0.15) is 11.4 Å². The second-order valence-corrected chi connectivity index (χ2v) is 12.3. The van der Waals surface area contributed by atoms with Gasteiger partial charge >= 0.3 is 0 Å². The lowest BCUT2D eigenvalue weighted by atomic mass is 9.91. The molecular formula is C33H36N10O5. The summed E-state index contributed by atoms with van der Waals surface area (Å²) >= 11 is 0. The molecule has 1 atom stereocenters. The Labute approximate surface area is 276 Å². The monoisotopic (exact) mass is 652 g/mol. The lowest BCUT2D eigenvalue weighted by Gasteiger charge is -2.47. The summed E-state index contributed by atoms with van der Waals surface area (Å²) in [5, 5.41) is 43.8. The van der Waals surface area contributed by atoms with Crippen LogP contribution in [0.25, 0.3) is 11.1 Å². The Balaban J connectivity index is 1.19. The molecule has 0 spiro atoms. The van der Waals surface area contributed by atoms with E-state index in [-0.39, 0.29) is 46.8 Å². The van der Waals surface area contributed by atoms with Crippen molar-refractivity contribution in [3.63, 3.8) is 0 Å². The van der Waals surface area contributed by atoms with E-state index in [1.807, 2.05) is 36.1 Å². The predicted octanol–water partition coefficient (Wildman–Crippen LogP) is 2.55. The van der Waals surface area contributed by atoms with Crippen LogP contribution < -0.4 is 20.9 Å². The third-order valence-corrected chi connectivity index (χ3v) is 9.27. The van der Waals surface area contributed by atoms with E-state index in [4.69, 9.17) is 5.10 Å². The Morgan fingerprint density at radius 2 is 1.83 bits per heavy atom. The van der Waals surface area contributed by atoms with Crippen molar-refractivity contribution in [3.05, 3.63) is 71.4 Å². The van der Waals surface area contributed by atoms with Gasteiger partial charge < -0.3 is 31.1 Å². The summed E-state index contributed by atoms with van der Waals surface area (Å²) in [6.07, 6.45) is 4.85. The fourth-order valence-corrected chi connectivity index (χ4v) is 6.53. The van der Waals surface area contributed by atoms with Crippen molar-refractivity contribution in [1.82, 2.24) is 35.2 Å². The number of nitrogens with one attached hydrogen (secondary N) is 3. The van der Waals surface area contributed by atoms with Gasteiger partial charge in [0, 0.05) is 50.3 Å². The van der Waals surface area contributed by atoms with Crippen molar-refractivity contribution < 1.29 is 24.6 Å². The fraction of sp³-hybridized carbons (Fsp3) is 0.364. The summed E-state index contributed by atoms with van der Waals surface area (Å²) in [5.74, 6) is -2.64. The minimum Gasteiger partial charge on any atom is -0.364 e. The van der Waals surface area contributed by atoms with Crippen molar-refractivity contribution in [3.8, 4) is 11.1 Å². The van der Waals surface area contributed by atoms with Crippen molar-refractivity contribution in [2.45, 2.75) is 44.2 Å². The van der Waals surface area contributed by atoms with E-state index in [0.29, 0.717) is 25.1 Å². The molecule has 1 saturated heterocycles. The summed E-state index contributed by atoms with van der Waals surface area (Å²) < 4.78 is 1.97. The molecule has 2 aliphatic heterocycles. The number of hydrogen-bond acceptors (Lipinski definition) is 12. The van der Waals surface area contributed by atoms with Gasteiger partial charge in [-0.15, -0.1) is 10.2 Å². The first-order valence-corrected chi connectivity index (χ1v) is 15.9. The van der Waals surface area contributed by atoms with Crippen LogP contribution in [0.1, 0.15) is 70.6 Å². The standard InChI is InChI=1S/C33H36N10O5/c1-4-25-30-22(14-35-43(30)20-15-42(16-20)33(47,48)26-10-5-7-19(17-44)36-26)21-8-6-9-23(29(21)41(25)3)37-24-13-27(38-31(45)18-11-12-18)39-40-28(24)32(46)34-2/h5-10,13-14,17-18,20,25,47-48H,4,11-12,15-16H2,1-3H3,(H,34,46)(H2,37,38,39,45). The second kappa shape index (κ2) is 12.1. The van der Waals surface area contributed by atoms with E-state index in [9.17, 15) is 24.6 Å². The summed E-state index contributed by atoms with van der Waals surface area (Å²) in [5.41, 5.74) is 5.11. The Hall–Kier alpha value is -5.25. The number of aldehydes is 1. The van der Waals surface area contributed by atoms with Crippen LogP contribution in [0.4, 0.5) is 22.9 Å². The molecule has 5 N–H and O–H groups in total. The highest BCUT2D eigenvalue weighted by Gasteiger charge is 2.46. The third-order valence-electron chi connectivity index (χ3n) is 9.27. The molecule has 2 fully saturated rings. The van der Waals surface area contributed by atoms with Crippen molar-refractivity contribution in [2.75, 3.05) is 42.7 Å². The van der Waals surface area contributed by atoms with E-state index >= 15 is 0 Å². The van der Waals surface area contributed by atoms with Crippen molar-refractivity contribution in [1.29, 1.82) is 0 Å². The third kappa shape index (κ3) is 5.35. The molecule has 1 aromatic carbocycles. The molecular weight excluding hydrogens is 616 g/mol. The zero-order chi connectivity index (χ0) is 33.7. The summed E-state index contributed by atoms with van der Waals surface area (Å²) in [6.45, 7) is 2.71. The largest absolute Gasteiger partial charge is 0.364 e.